The number of hydrogen-bond donors (Lipinski definition) is 2. The smallest absolute Gasteiger partial charge is 0.251 e. The van der Waals surface area contributed by atoms with Crippen LogP contribution in [0.15, 0.2) is 59.4 Å². The Morgan fingerprint density at radius 2 is 1.72 bits per heavy atom. The Morgan fingerprint density at radius 3 is 2.40 bits per heavy atom. The molecule has 130 valence electrons. The highest BCUT2D eigenvalue weighted by Gasteiger charge is 2.07. The minimum absolute atomic E-state index is 0.0149. The van der Waals surface area contributed by atoms with Gasteiger partial charge in [-0.3, -0.25) is 4.79 Å². The molecule has 3 N–H and O–H groups in total. The van der Waals surface area contributed by atoms with Gasteiger partial charge in [0.05, 0.1) is 5.52 Å². The van der Waals surface area contributed by atoms with E-state index in [1.165, 1.54) is 0 Å². The molecule has 3 rings (SSSR count). The van der Waals surface area contributed by atoms with Gasteiger partial charge in [-0.2, -0.15) is 0 Å². The van der Waals surface area contributed by atoms with Crippen LogP contribution >= 0.6 is 0 Å². The molecule has 0 atom stereocenters. The van der Waals surface area contributed by atoms with E-state index in [2.05, 4.69) is 5.32 Å². The molecule has 0 aliphatic heterocycles. The molecule has 0 saturated heterocycles. The third-order valence-electron chi connectivity index (χ3n) is 3.98. The molecule has 1 aromatic heterocycles. The van der Waals surface area contributed by atoms with E-state index < -0.39 is 0 Å². The first-order valence-electron chi connectivity index (χ1n) is 8.44. The van der Waals surface area contributed by atoms with E-state index in [0.717, 1.165) is 28.0 Å². The van der Waals surface area contributed by atoms with Crippen LogP contribution in [-0.2, 0) is 0 Å². The first-order valence-corrected chi connectivity index (χ1v) is 8.44. The quantitative estimate of drug-likeness (QED) is 0.720. The van der Waals surface area contributed by atoms with Crippen LogP contribution in [0.25, 0.3) is 10.9 Å². The van der Waals surface area contributed by atoms with Crippen molar-refractivity contribution in [1.82, 2.24) is 4.57 Å². The maximum absolute atomic E-state index is 12.2. The van der Waals surface area contributed by atoms with E-state index in [4.69, 9.17) is 10.5 Å². The first-order chi connectivity index (χ1) is 12.1. The maximum atomic E-state index is 12.2. The van der Waals surface area contributed by atoms with Crippen LogP contribution in [0.4, 0.5) is 11.4 Å². The van der Waals surface area contributed by atoms with Crippen LogP contribution in [0, 0.1) is 0 Å². The average molecular weight is 337 g/mol. The van der Waals surface area contributed by atoms with E-state index in [9.17, 15) is 4.79 Å². The fourth-order valence-corrected chi connectivity index (χ4v) is 2.84. The Labute approximate surface area is 147 Å². The summed E-state index contributed by atoms with van der Waals surface area (Å²) in [5, 5.41) is 4.42. The summed E-state index contributed by atoms with van der Waals surface area (Å²) in [5.74, 6) is 0.795. The lowest BCUT2D eigenvalue weighted by molar-refractivity contribution is 0.328. The number of hydrogen-bond acceptors (Lipinski definition) is 4. The maximum Gasteiger partial charge on any atom is 0.251 e. The van der Waals surface area contributed by atoms with Gasteiger partial charge in [0.1, 0.15) is 12.4 Å². The van der Waals surface area contributed by atoms with Gasteiger partial charge in [0.2, 0.25) is 0 Å². The summed E-state index contributed by atoms with van der Waals surface area (Å²) >= 11 is 0. The highest BCUT2D eigenvalue weighted by molar-refractivity contribution is 5.83. The zero-order valence-corrected chi connectivity index (χ0v) is 14.5. The van der Waals surface area contributed by atoms with Crippen molar-refractivity contribution in [1.29, 1.82) is 0 Å². The van der Waals surface area contributed by atoms with E-state index in [1.54, 1.807) is 6.07 Å². The van der Waals surface area contributed by atoms with Gasteiger partial charge in [0.15, 0.2) is 0 Å². The van der Waals surface area contributed by atoms with Gasteiger partial charge in [0, 0.05) is 30.0 Å². The van der Waals surface area contributed by atoms with Gasteiger partial charge in [-0.15, -0.1) is 0 Å². The minimum atomic E-state index is 0.0149. The molecular formula is C20H23N3O2. The van der Waals surface area contributed by atoms with Crippen molar-refractivity contribution >= 4 is 22.3 Å². The lowest BCUT2D eigenvalue weighted by atomic mass is 10.1. The second-order valence-electron chi connectivity index (χ2n) is 6.20. The van der Waals surface area contributed by atoms with Crippen molar-refractivity contribution in [2.24, 2.45) is 5.73 Å². The Bertz CT molecular complexity index is 914. The van der Waals surface area contributed by atoms with E-state index in [0.29, 0.717) is 13.2 Å². The van der Waals surface area contributed by atoms with Gasteiger partial charge in [-0.25, -0.2) is 0 Å². The second-order valence-corrected chi connectivity index (χ2v) is 6.20. The molecule has 0 aliphatic rings. The number of ether oxygens (including phenoxy) is 1. The Morgan fingerprint density at radius 1 is 1.04 bits per heavy atom. The molecule has 0 fully saturated rings. The highest BCUT2D eigenvalue weighted by Crippen LogP contribution is 2.24. The predicted octanol–water partition coefficient (Wildman–Crippen LogP) is 3.66. The molecular weight excluding hydrogens is 314 g/mol. The standard InChI is InChI=1S/C20H23N3O2/c1-14(2)23-19-13-17(5-3-15(19)4-10-20(23)24)22-16-6-8-18(9-7-16)25-12-11-21/h3-10,13-14,22H,11-12,21H2,1-2H3. The van der Waals surface area contributed by atoms with E-state index in [-0.39, 0.29) is 11.6 Å². The van der Waals surface area contributed by atoms with Crippen LogP contribution in [0.5, 0.6) is 5.75 Å². The summed E-state index contributed by atoms with van der Waals surface area (Å²) in [4.78, 5) is 12.2. The number of nitrogens with one attached hydrogen (secondary N) is 1. The predicted molar refractivity (Wildman–Crippen MR) is 103 cm³/mol. The molecule has 0 aliphatic carbocycles. The second kappa shape index (κ2) is 7.40. The van der Waals surface area contributed by atoms with Gasteiger partial charge >= 0.3 is 0 Å². The zero-order chi connectivity index (χ0) is 17.8. The summed E-state index contributed by atoms with van der Waals surface area (Å²) in [6.45, 7) is 5.03. The molecule has 3 aromatic rings. The number of aromatic nitrogens is 1. The van der Waals surface area contributed by atoms with Crippen molar-refractivity contribution in [2.75, 3.05) is 18.5 Å². The third-order valence-corrected chi connectivity index (χ3v) is 3.98. The summed E-state index contributed by atoms with van der Waals surface area (Å²) in [5.41, 5.74) is 8.26. The van der Waals surface area contributed by atoms with Crippen molar-refractivity contribution in [3.05, 3.63) is 65.0 Å². The molecule has 25 heavy (non-hydrogen) atoms. The first kappa shape index (κ1) is 17.0. The van der Waals surface area contributed by atoms with Crippen LogP contribution in [0.1, 0.15) is 19.9 Å². The van der Waals surface area contributed by atoms with Gasteiger partial charge < -0.3 is 20.4 Å². The number of nitrogens with zero attached hydrogens (tertiary/aromatic N) is 1. The Kier molecular flexibility index (Phi) is 5.05. The highest BCUT2D eigenvalue weighted by atomic mass is 16.5. The molecule has 0 saturated carbocycles. The topological polar surface area (TPSA) is 69.3 Å². The average Bonchev–Trinajstić information content (AvgIpc) is 2.60. The van der Waals surface area contributed by atoms with Crippen molar-refractivity contribution in [3.8, 4) is 5.75 Å². The summed E-state index contributed by atoms with van der Waals surface area (Å²) in [6, 6.07) is 17.4. The summed E-state index contributed by atoms with van der Waals surface area (Å²) in [7, 11) is 0. The van der Waals surface area contributed by atoms with Crippen LogP contribution < -0.4 is 21.3 Å². The fourth-order valence-electron chi connectivity index (χ4n) is 2.84. The number of nitrogens with two attached hydrogens (primary N) is 1. The van der Waals surface area contributed by atoms with Crippen LogP contribution in [0.2, 0.25) is 0 Å². The largest absolute Gasteiger partial charge is 0.492 e. The molecule has 5 heteroatoms. The van der Waals surface area contributed by atoms with E-state index in [1.807, 2.05) is 66.9 Å². The van der Waals surface area contributed by atoms with Crippen molar-refractivity contribution in [2.45, 2.75) is 19.9 Å². The lowest BCUT2D eigenvalue weighted by Crippen LogP contribution is -2.21. The Hall–Kier alpha value is -2.79. The Balaban J connectivity index is 1.89. The zero-order valence-electron chi connectivity index (χ0n) is 14.5. The molecule has 1 heterocycles. The van der Waals surface area contributed by atoms with E-state index >= 15 is 0 Å². The summed E-state index contributed by atoms with van der Waals surface area (Å²) in [6.07, 6.45) is 0. The number of benzene rings is 2. The van der Waals surface area contributed by atoms with Crippen LogP contribution in [0.3, 0.4) is 0 Å². The monoisotopic (exact) mass is 337 g/mol. The number of pyridine rings is 1. The summed E-state index contributed by atoms with van der Waals surface area (Å²) < 4.78 is 7.29. The molecule has 0 amide bonds. The van der Waals surface area contributed by atoms with Gasteiger partial charge in [-0.05, 0) is 61.7 Å². The molecule has 5 nitrogen and oxygen atoms in total. The number of rotatable bonds is 6. The molecule has 2 aromatic carbocycles. The van der Waals surface area contributed by atoms with Gasteiger partial charge in [-0.1, -0.05) is 6.07 Å². The van der Waals surface area contributed by atoms with Crippen molar-refractivity contribution in [3.63, 3.8) is 0 Å². The number of fused-ring (bicyclic) bond motifs is 1. The van der Waals surface area contributed by atoms with Crippen molar-refractivity contribution < 1.29 is 4.74 Å². The molecule has 0 radical (unpaired) electrons. The minimum Gasteiger partial charge on any atom is -0.492 e. The lowest BCUT2D eigenvalue weighted by Gasteiger charge is -2.15. The molecule has 0 bridgehead atoms. The van der Waals surface area contributed by atoms with Gasteiger partial charge in [0.25, 0.3) is 5.56 Å². The number of anilines is 2. The molecule has 0 spiro atoms. The fraction of sp³-hybridized carbons (Fsp3) is 0.250. The third kappa shape index (κ3) is 3.83. The molecule has 0 unspecified atom stereocenters. The normalized spacial score (nSPS) is 11.0. The van der Waals surface area contributed by atoms with Crippen LogP contribution in [-0.4, -0.2) is 17.7 Å². The SMILES string of the molecule is CC(C)n1c(=O)ccc2ccc(Nc3ccc(OCCN)cc3)cc21.